The van der Waals surface area contributed by atoms with Crippen LogP contribution < -0.4 is 10.1 Å². The van der Waals surface area contributed by atoms with Gasteiger partial charge in [0.2, 0.25) is 11.8 Å². The zero-order chi connectivity index (χ0) is 14.4. The van der Waals surface area contributed by atoms with E-state index in [4.69, 9.17) is 4.74 Å². The van der Waals surface area contributed by atoms with Gasteiger partial charge in [-0.1, -0.05) is 32.9 Å². The van der Waals surface area contributed by atoms with Crippen molar-refractivity contribution in [2.45, 2.75) is 33.6 Å². The van der Waals surface area contributed by atoms with Gasteiger partial charge >= 0.3 is 0 Å². The molecule has 0 saturated carbocycles. The summed E-state index contributed by atoms with van der Waals surface area (Å²) in [5.41, 5.74) is 0.917. The minimum atomic E-state index is 0.626. The maximum Gasteiger partial charge on any atom is 0.226 e. The van der Waals surface area contributed by atoms with Crippen molar-refractivity contribution in [1.29, 1.82) is 0 Å². The lowest BCUT2D eigenvalue weighted by Crippen LogP contribution is -2.08. The summed E-state index contributed by atoms with van der Waals surface area (Å²) in [5.74, 6) is 1.95. The Morgan fingerprint density at radius 1 is 1.20 bits per heavy atom. The minimum Gasteiger partial charge on any atom is -0.477 e. The van der Waals surface area contributed by atoms with E-state index >= 15 is 0 Å². The van der Waals surface area contributed by atoms with Crippen molar-refractivity contribution in [1.82, 2.24) is 9.97 Å². The molecule has 0 spiro atoms. The molecule has 1 aromatic carbocycles. The first kappa shape index (κ1) is 14.6. The van der Waals surface area contributed by atoms with Gasteiger partial charge in [-0.2, -0.15) is 4.98 Å². The zero-order valence-corrected chi connectivity index (χ0v) is 12.5. The first-order valence-corrected chi connectivity index (χ1v) is 7.34. The number of hydrogen-bond acceptors (Lipinski definition) is 4. The molecule has 1 N–H and O–H groups in total. The van der Waals surface area contributed by atoms with Gasteiger partial charge in [0.05, 0.1) is 17.5 Å². The summed E-state index contributed by atoms with van der Waals surface area (Å²) in [5, 5.41) is 4.19. The monoisotopic (exact) mass is 273 g/mol. The minimum absolute atomic E-state index is 0.626. The van der Waals surface area contributed by atoms with Crippen molar-refractivity contribution in [3.8, 4) is 5.88 Å². The number of hydrogen-bond donors (Lipinski definition) is 1. The quantitative estimate of drug-likeness (QED) is 0.831. The molecule has 0 aliphatic carbocycles. The molecule has 0 aliphatic heterocycles. The lowest BCUT2D eigenvalue weighted by molar-refractivity contribution is 0.283. The second-order valence-corrected chi connectivity index (χ2v) is 5.33. The number of benzene rings is 1. The highest BCUT2D eigenvalue weighted by atomic mass is 16.5. The second-order valence-electron chi connectivity index (χ2n) is 5.33. The normalized spacial score (nSPS) is 11.0. The third-order valence-corrected chi connectivity index (χ3v) is 3.04. The predicted octanol–water partition coefficient (Wildman–Crippen LogP) is 3.88. The van der Waals surface area contributed by atoms with Crippen LogP contribution in [0.4, 0.5) is 5.95 Å². The van der Waals surface area contributed by atoms with Gasteiger partial charge in [0.1, 0.15) is 0 Å². The molecule has 4 heteroatoms. The van der Waals surface area contributed by atoms with E-state index in [9.17, 15) is 0 Å². The molecule has 2 rings (SSSR count). The number of anilines is 1. The smallest absolute Gasteiger partial charge is 0.226 e. The fraction of sp³-hybridized carbons (Fsp3) is 0.500. The molecule has 0 unspecified atom stereocenters. The van der Waals surface area contributed by atoms with Crippen molar-refractivity contribution in [3.05, 3.63) is 24.3 Å². The molecular weight excluding hydrogens is 250 g/mol. The molecule has 0 bridgehead atoms. The van der Waals surface area contributed by atoms with Crippen LogP contribution in [0.25, 0.3) is 10.9 Å². The largest absolute Gasteiger partial charge is 0.477 e. The van der Waals surface area contributed by atoms with Crippen molar-refractivity contribution < 1.29 is 4.74 Å². The SMILES string of the molecule is CCCNc1nc(OCCC(C)C)c2ccccc2n1. The van der Waals surface area contributed by atoms with Gasteiger partial charge < -0.3 is 10.1 Å². The van der Waals surface area contributed by atoms with Gasteiger partial charge in [-0.3, -0.25) is 0 Å². The Kier molecular flexibility index (Phi) is 5.16. The third-order valence-electron chi connectivity index (χ3n) is 3.04. The molecule has 20 heavy (non-hydrogen) atoms. The summed E-state index contributed by atoms with van der Waals surface area (Å²) in [7, 11) is 0. The van der Waals surface area contributed by atoms with Crippen LogP contribution in [0.5, 0.6) is 5.88 Å². The summed E-state index contributed by atoms with van der Waals surface area (Å²) in [6.45, 7) is 8.05. The number of nitrogens with zero attached hydrogens (tertiary/aromatic N) is 2. The van der Waals surface area contributed by atoms with Gasteiger partial charge in [-0.25, -0.2) is 4.98 Å². The summed E-state index contributed by atoms with van der Waals surface area (Å²) in [4.78, 5) is 9.01. The van der Waals surface area contributed by atoms with Gasteiger partial charge in [-0.15, -0.1) is 0 Å². The van der Waals surface area contributed by atoms with E-state index in [1.165, 1.54) is 0 Å². The maximum atomic E-state index is 5.86. The van der Waals surface area contributed by atoms with E-state index in [2.05, 4.69) is 36.1 Å². The molecule has 0 aliphatic rings. The molecule has 1 heterocycles. The topological polar surface area (TPSA) is 47.0 Å². The van der Waals surface area contributed by atoms with E-state index in [1.54, 1.807) is 0 Å². The fourth-order valence-corrected chi connectivity index (χ4v) is 1.86. The van der Waals surface area contributed by atoms with Crippen molar-refractivity contribution in [3.63, 3.8) is 0 Å². The summed E-state index contributed by atoms with van der Waals surface area (Å²) >= 11 is 0. The standard InChI is InChI=1S/C16H23N3O/c1-4-10-17-16-18-14-8-6-5-7-13(14)15(19-16)20-11-9-12(2)3/h5-8,12H,4,9-11H2,1-3H3,(H,17,18,19). The Hall–Kier alpha value is -1.84. The van der Waals surface area contributed by atoms with Crippen LogP contribution in [0.3, 0.4) is 0 Å². The molecule has 0 amide bonds. The van der Waals surface area contributed by atoms with Crippen LogP contribution in [0.1, 0.15) is 33.6 Å². The van der Waals surface area contributed by atoms with E-state index in [1.807, 2.05) is 24.3 Å². The van der Waals surface area contributed by atoms with Crippen LogP contribution >= 0.6 is 0 Å². The summed E-state index contributed by atoms with van der Waals surface area (Å²) < 4.78 is 5.86. The Balaban J connectivity index is 2.24. The Morgan fingerprint density at radius 3 is 2.75 bits per heavy atom. The van der Waals surface area contributed by atoms with Gasteiger partial charge in [0.25, 0.3) is 0 Å². The van der Waals surface area contributed by atoms with E-state index in [-0.39, 0.29) is 0 Å². The number of rotatable bonds is 7. The highest BCUT2D eigenvalue weighted by Gasteiger charge is 2.08. The number of fused-ring (bicyclic) bond motifs is 1. The molecule has 0 radical (unpaired) electrons. The first-order chi connectivity index (χ1) is 9.70. The fourth-order valence-electron chi connectivity index (χ4n) is 1.86. The molecule has 1 aromatic heterocycles. The van der Waals surface area contributed by atoms with Gasteiger partial charge in [-0.05, 0) is 30.9 Å². The van der Waals surface area contributed by atoms with Crippen LogP contribution in [-0.4, -0.2) is 23.1 Å². The Labute approximate surface area is 120 Å². The van der Waals surface area contributed by atoms with Gasteiger partial charge in [0, 0.05) is 6.54 Å². The molecular formula is C16H23N3O. The number of nitrogens with one attached hydrogen (secondary N) is 1. The summed E-state index contributed by atoms with van der Waals surface area (Å²) in [6.07, 6.45) is 2.07. The Bertz CT molecular complexity index is 554. The first-order valence-electron chi connectivity index (χ1n) is 7.34. The number of para-hydroxylation sites is 1. The van der Waals surface area contributed by atoms with Crippen molar-refractivity contribution in [2.24, 2.45) is 5.92 Å². The second kappa shape index (κ2) is 7.08. The number of ether oxygens (including phenoxy) is 1. The summed E-state index contributed by atoms with van der Waals surface area (Å²) in [6, 6.07) is 7.96. The lowest BCUT2D eigenvalue weighted by Gasteiger charge is -2.11. The molecule has 0 atom stereocenters. The van der Waals surface area contributed by atoms with Crippen molar-refractivity contribution in [2.75, 3.05) is 18.5 Å². The molecule has 0 fully saturated rings. The van der Waals surface area contributed by atoms with Gasteiger partial charge in [0.15, 0.2) is 0 Å². The van der Waals surface area contributed by atoms with Crippen LogP contribution in [0, 0.1) is 5.92 Å². The lowest BCUT2D eigenvalue weighted by atomic mass is 10.1. The molecule has 4 nitrogen and oxygen atoms in total. The third kappa shape index (κ3) is 3.83. The Morgan fingerprint density at radius 2 is 2.00 bits per heavy atom. The molecule has 0 saturated heterocycles. The van der Waals surface area contributed by atoms with E-state index < -0.39 is 0 Å². The number of aromatic nitrogens is 2. The van der Waals surface area contributed by atoms with Crippen molar-refractivity contribution >= 4 is 16.9 Å². The predicted molar refractivity (Wildman–Crippen MR) is 83.3 cm³/mol. The highest BCUT2D eigenvalue weighted by molar-refractivity contribution is 5.84. The van der Waals surface area contributed by atoms with Crippen LogP contribution in [0.15, 0.2) is 24.3 Å². The molecule has 2 aromatic rings. The average Bonchev–Trinajstić information content (AvgIpc) is 2.44. The molecule has 108 valence electrons. The maximum absolute atomic E-state index is 5.86. The highest BCUT2D eigenvalue weighted by Crippen LogP contribution is 2.24. The van der Waals surface area contributed by atoms with E-state index in [0.717, 1.165) is 30.3 Å². The average molecular weight is 273 g/mol. The van der Waals surface area contributed by atoms with Crippen LogP contribution in [-0.2, 0) is 0 Å². The van der Waals surface area contributed by atoms with E-state index in [0.29, 0.717) is 24.4 Å². The zero-order valence-electron chi connectivity index (χ0n) is 12.5. The van der Waals surface area contributed by atoms with Crippen LogP contribution in [0.2, 0.25) is 0 Å².